The number of rotatable bonds is 4. The maximum absolute atomic E-state index is 13.2. The topological polar surface area (TPSA) is 114 Å². The van der Waals surface area contributed by atoms with E-state index in [1.54, 1.807) is 49.5 Å². The summed E-state index contributed by atoms with van der Waals surface area (Å²) in [6.45, 7) is 0. The second-order valence-corrected chi connectivity index (χ2v) is 7.06. The fraction of sp³-hybridized carbons (Fsp3) is 0.174. The first-order chi connectivity index (χ1) is 15.4. The lowest BCUT2D eigenvalue weighted by Crippen LogP contribution is -2.44. The van der Waals surface area contributed by atoms with Crippen molar-refractivity contribution in [3.63, 3.8) is 0 Å². The molecule has 32 heavy (non-hydrogen) atoms. The van der Waals surface area contributed by atoms with Crippen LogP contribution in [-0.4, -0.2) is 50.3 Å². The van der Waals surface area contributed by atoms with Crippen molar-refractivity contribution in [2.45, 2.75) is 0 Å². The highest BCUT2D eigenvalue weighted by molar-refractivity contribution is 6.51. The Hall–Kier alpha value is -4.27. The van der Waals surface area contributed by atoms with Crippen LogP contribution in [0.5, 0.6) is 17.2 Å². The molecule has 9 nitrogen and oxygen atoms in total. The summed E-state index contributed by atoms with van der Waals surface area (Å²) in [5.41, 5.74) is 0.840. The number of nitrogens with one attached hydrogen (secondary N) is 2. The lowest BCUT2D eigenvalue weighted by molar-refractivity contribution is -0.113. The quantitative estimate of drug-likeness (QED) is 0.619. The highest BCUT2D eigenvalue weighted by Gasteiger charge is 2.33. The number of para-hydroxylation sites is 1. The number of aromatic nitrogens is 2. The summed E-state index contributed by atoms with van der Waals surface area (Å²) in [4.78, 5) is 40.2. The van der Waals surface area contributed by atoms with Crippen LogP contribution < -0.4 is 35.2 Å². The Morgan fingerprint density at radius 2 is 1.56 bits per heavy atom. The molecule has 1 amide bonds. The summed E-state index contributed by atoms with van der Waals surface area (Å²) in [5.74, 6) is 0.234. The van der Waals surface area contributed by atoms with Gasteiger partial charge >= 0.3 is 0 Å². The van der Waals surface area contributed by atoms with E-state index < -0.39 is 17.2 Å². The predicted molar refractivity (Wildman–Crippen MR) is 118 cm³/mol. The number of ether oxygens (including phenoxy) is 3. The summed E-state index contributed by atoms with van der Waals surface area (Å²) in [6, 6.07) is 10.1. The van der Waals surface area contributed by atoms with Crippen LogP contribution >= 0.6 is 0 Å². The van der Waals surface area contributed by atoms with Gasteiger partial charge in [0.2, 0.25) is 11.5 Å². The standard InChI is InChI=1S/C23H21N3O6/c1-26-15-8-6-5-7-13(15)20(27)18(23(26)29)19-14(22(28)25-24-19)9-12-10-16(30-2)21(32-4)17(11-12)31-3/h5-11,24H,1-4H3,(H,25,28)/b14-9-,19-18+. The minimum atomic E-state index is -0.511. The number of methoxy groups -OCH3 is 3. The maximum atomic E-state index is 13.2. The van der Waals surface area contributed by atoms with Gasteiger partial charge in [-0.05, 0) is 35.9 Å². The molecule has 0 bridgehead atoms. The number of carbonyl (C=O) groups is 2. The molecule has 1 aliphatic heterocycles. The zero-order valence-electron chi connectivity index (χ0n) is 17.9. The molecule has 0 spiro atoms. The van der Waals surface area contributed by atoms with Crippen LogP contribution in [-0.2, 0) is 4.79 Å². The Bertz CT molecular complexity index is 1390. The molecule has 0 unspecified atom stereocenters. The lowest BCUT2D eigenvalue weighted by atomic mass is 9.95. The number of carbonyl (C=O) groups excluding carboxylic acids is 2. The van der Waals surface area contributed by atoms with Gasteiger partial charge in [-0.1, -0.05) is 12.1 Å². The zero-order chi connectivity index (χ0) is 23.0. The van der Waals surface area contributed by atoms with E-state index in [-0.39, 0.29) is 16.1 Å². The minimum absolute atomic E-state index is 0.111. The van der Waals surface area contributed by atoms with Crippen LogP contribution in [0, 0.1) is 0 Å². The number of amides is 1. The number of fused-ring (bicyclic) bond motifs is 1. The molecule has 3 aromatic rings. The summed E-state index contributed by atoms with van der Waals surface area (Å²) >= 11 is 0. The smallest absolute Gasteiger partial charge is 0.271 e. The van der Waals surface area contributed by atoms with Crippen LogP contribution in [0.25, 0.3) is 11.6 Å². The van der Waals surface area contributed by atoms with Gasteiger partial charge in [-0.25, -0.2) is 0 Å². The normalized spacial score (nSPS) is 15.6. The van der Waals surface area contributed by atoms with Gasteiger partial charge in [0.25, 0.3) is 11.5 Å². The summed E-state index contributed by atoms with van der Waals surface area (Å²) in [5, 5.41) is 5.41. The summed E-state index contributed by atoms with van der Waals surface area (Å²) in [6.07, 6.45) is 1.54. The predicted octanol–water partition coefficient (Wildman–Crippen LogP) is 0.568. The first-order valence-corrected chi connectivity index (χ1v) is 9.65. The summed E-state index contributed by atoms with van der Waals surface area (Å²) in [7, 11) is 6.04. The van der Waals surface area contributed by atoms with E-state index in [1.807, 2.05) is 0 Å². The number of H-pyrrole nitrogens is 2. The third-order valence-corrected chi connectivity index (χ3v) is 5.32. The van der Waals surface area contributed by atoms with Crippen molar-refractivity contribution in [1.82, 2.24) is 10.2 Å². The van der Waals surface area contributed by atoms with Crippen LogP contribution in [0.15, 0.2) is 41.2 Å². The number of ketones is 1. The lowest BCUT2D eigenvalue weighted by Gasteiger charge is -2.25. The fourth-order valence-electron chi connectivity index (χ4n) is 3.74. The van der Waals surface area contributed by atoms with Gasteiger partial charge in [0.1, 0.15) is 5.57 Å². The molecule has 164 valence electrons. The largest absolute Gasteiger partial charge is 0.493 e. The van der Waals surface area contributed by atoms with E-state index in [9.17, 15) is 14.4 Å². The molecular formula is C23H21N3O6. The molecule has 0 saturated heterocycles. The fourth-order valence-corrected chi connectivity index (χ4v) is 3.74. The first-order valence-electron chi connectivity index (χ1n) is 9.65. The van der Waals surface area contributed by atoms with E-state index in [4.69, 9.17) is 14.2 Å². The molecule has 0 saturated carbocycles. The van der Waals surface area contributed by atoms with E-state index in [0.29, 0.717) is 34.1 Å². The third-order valence-electron chi connectivity index (χ3n) is 5.32. The Kier molecular flexibility index (Phi) is 5.31. The van der Waals surface area contributed by atoms with Crippen molar-refractivity contribution >= 4 is 29.0 Å². The van der Waals surface area contributed by atoms with Gasteiger partial charge < -0.3 is 19.1 Å². The van der Waals surface area contributed by atoms with E-state index >= 15 is 0 Å². The van der Waals surface area contributed by atoms with Gasteiger partial charge in [0.15, 0.2) is 11.5 Å². The second kappa shape index (κ2) is 8.10. The van der Waals surface area contributed by atoms with Crippen LogP contribution in [0.4, 0.5) is 5.69 Å². The van der Waals surface area contributed by atoms with E-state index in [2.05, 4.69) is 10.2 Å². The first kappa shape index (κ1) is 21.0. The van der Waals surface area contributed by atoms with Crippen LogP contribution in [0.3, 0.4) is 0 Å². The molecule has 0 aliphatic carbocycles. The Morgan fingerprint density at radius 3 is 2.19 bits per heavy atom. The molecule has 0 atom stereocenters. The Morgan fingerprint density at radius 1 is 0.906 bits per heavy atom. The molecule has 2 aromatic carbocycles. The van der Waals surface area contributed by atoms with Gasteiger partial charge in [0, 0.05) is 12.6 Å². The van der Waals surface area contributed by atoms with Crippen molar-refractivity contribution in [3.05, 3.63) is 68.4 Å². The van der Waals surface area contributed by atoms with Crippen molar-refractivity contribution in [1.29, 1.82) is 0 Å². The number of nitrogens with zero attached hydrogens (tertiary/aromatic N) is 1. The number of hydrogen-bond donors (Lipinski definition) is 2. The average molecular weight is 435 g/mol. The van der Waals surface area contributed by atoms with Crippen molar-refractivity contribution in [3.8, 4) is 17.2 Å². The van der Waals surface area contributed by atoms with Gasteiger partial charge in [-0.15, -0.1) is 0 Å². The van der Waals surface area contributed by atoms with Gasteiger partial charge in [0.05, 0.1) is 37.6 Å². The van der Waals surface area contributed by atoms with E-state index in [1.165, 1.54) is 26.2 Å². The number of benzene rings is 2. The molecule has 2 heterocycles. The molecule has 4 rings (SSSR count). The van der Waals surface area contributed by atoms with Gasteiger partial charge in [-0.2, -0.15) is 0 Å². The molecule has 9 heteroatoms. The Balaban J connectivity index is 2.01. The molecular weight excluding hydrogens is 414 g/mol. The number of aromatic amines is 2. The maximum Gasteiger partial charge on any atom is 0.271 e. The van der Waals surface area contributed by atoms with Crippen LogP contribution in [0.2, 0.25) is 0 Å². The van der Waals surface area contributed by atoms with Crippen molar-refractivity contribution < 1.29 is 23.8 Å². The van der Waals surface area contributed by atoms with Crippen molar-refractivity contribution in [2.75, 3.05) is 33.3 Å². The summed E-state index contributed by atoms with van der Waals surface area (Å²) < 4.78 is 16.1. The van der Waals surface area contributed by atoms with Gasteiger partial charge in [-0.3, -0.25) is 24.6 Å². The Labute approximate surface area is 182 Å². The number of hydrogen-bond acceptors (Lipinski definition) is 6. The SMILES string of the molecule is COc1cc(/C=c2\c(=O)[nH][nH]\c2=C2/C(=O)c3ccccc3N(C)C2=O)cc(OC)c1OC. The third kappa shape index (κ3) is 3.24. The molecule has 0 radical (unpaired) electrons. The number of anilines is 1. The highest BCUT2D eigenvalue weighted by atomic mass is 16.5. The monoisotopic (exact) mass is 435 g/mol. The molecule has 0 fully saturated rings. The minimum Gasteiger partial charge on any atom is -0.493 e. The van der Waals surface area contributed by atoms with Crippen LogP contribution in [0.1, 0.15) is 15.9 Å². The number of Topliss-reactive ketones (excluding diaryl/α,β-unsaturated/α-hetero) is 1. The average Bonchev–Trinajstić information content (AvgIpc) is 3.16. The molecule has 1 aliphatic rings. The van der Waals surface area contributed by atoms with Crippen molar-refractivity contribution in [2.24, 2.45) is 0 Å². The second-order valence-electron chi connectivity index (χ2n) is 7.06. The zero-order valence-corrected chi connectivity index (χ0v) is 17.9. The highest BCUT2D eigenvalue weighted by Crippen LogP contribution is 2.38. The molecule has 2 N–H and O–H groups in total. The molecule has 1 aromatic heterocycles. The van der Waals surface area contributed by atoms with E-state index in [0.717, 1.165) is 0 Å².